The van der Waals surface area contributed by atoms with Gasteiger partial charge in [-0.1, -0.05) is 13.8 Å². The summed E-state index contributed by atoms with van der Waals surface area (Å²) in [6.07, 6.45) is -0.833. The maximum Gasteiger partial charge on any atom is 0.407 e. The fourth-order valence-corrected chi connectivity index (χ4v) is 1.73. The van der Waals surface area contributed by atoms with Gasteiger partial charge in [-0.05, 0) is 11.8 Å². The van der Waals surface area contributed by atoms with Crippen LogP contribution >= 0.6 is 0 Å². The number of hydrogen-bond acceptors (Lipinski definition) is 2. The predicted octanol–water partition coefficient (Wildman–Crippen LogP) is 0.580. The molecule has 2 unspecified atom stereocenters. The molecule has 4 nitrogen and oxygen atoms in total. The van der Waals surface area contributed by atoms with Gasteiger partial charge in [0.2, 0.25) is 0 Å². The van der Waals surface area contributed by atoms with Gasteiger partial charge in [0, 0.05) is 19.1 Å². The molecule has 0 radical (unpaired) electrons. The standard InChI is InChI=1S/C8H16N2O2/c1-5-3-10(8(11)12)4-6(2)7(5)9/h5-7H,3-4,9H2,1-2H3,(H,11,12). The third-order valence-corrected chi connectivity index (χ3v) is 2.60. The highest BCUT2D eigenvalue weighted by Gasteiger charge is 2.31. The molecule has 1 rings (SSSR count). The normalized spacial score (nSPS) is 36.6. The van der Waals surface area contributed by atoms with Crippen LogP contribution in [0.15, 0.2) is 0 Å². The van der Waals surface area contributed by atoms with Crippen LogP contribution in [0.4, 0.5) is 4.79 Å². The van der Waals surface area contributed by atoms with Crippen LogP contribution < -0.4 is 5.73 Å². The molecule has 0 saturated carbocycles. The molecule has 12 heavy (non-hydrogen) atoms. The molecule has 0 bridgehead atoms. The smallest absolute Gasteiger partial charge is 0.407 e. The van der Waals surface area contributed by atoms with E-state index in [-0.39, 0.29) is 17.9 Å². The monoisotopic (exact) mass is 172 g/mol. The maximum atomic E-state index is 10.6. The minimum atomic E-state index is -0.833. The van der Waals surface area contributed by atoms with Crippen molar-refractivity contribution in [3.05, 3.63) is 0 Å². The Morgan fingerprint density at radius 2 is 1.83 bits per heavy atom. The summed E-state index contributed by atoms with van der Waals surface area (Å²) in [4.78, 5) is 12.1. The Bertz CT molecular complexity index is 172. The second-order valence-electron chi connectivity index (χ2n) is 3.72. The highest BCUT2D eigenvalue weighted by Crippen LogP contribution is 2.19. The Morgan fingerprint density at radius 1 is 1.42 bits per heavy atom. The number of carboxylic acid groups (broad SMARTS) is 1. The fraction of sp³-hybridized carbons (Fsp3) is 0.875. The molecule has 70 valence electrons. The van der Waals surface area contributed by atoms with Crippen molar-refractivity contribution >= 4 is 6.09 Å². The number of piperidine rings is 1. The molecule has 4 heteroatoms. The number of nitrogens with two attached hydrogens (primary N) is 1. The zero-order chi connectivity index (χ0) is 9.30. The van der Waals surface area contributed by atoms with E-state index >= 15 is 0 Å². The van der Waals surface area contributed by atoms with E-state index in [9.17, 15) is 4.79 Å². The third-order valence-electron chi connectivity index (χ3n) is 2.60. The molecule has 0 aromatic carbocycles. The lowest BCUT2D eigenvalue weighted by Crippen LogP contribution is -2.52. The van der Waals surface area contributed by atoms with Gasteiger partial charge in [-0.15, -0.1) is 0 Å². The first-order chi connectivity index (χ1) is 5.52. The third kappa shape index (κ3) is 1.69. The molecule has 0 spiro atoms. The number of likely N-dealkylation sites (tertiary alicyclic amines) is 1. The molecule has 3 N–H and O–H groups in total. The lowest BCUT2D eigenvalue weighted by Gasteiger charge is -2.37. The molecule has 1 aliphatic rings. The van der Waals surface area contributed by atoms with Crippen LogP contribution in [0.3, 0.4) is 0 Å². The van der Waals surface area contributed by atoms with Crippen molar-refractivity contribution in [1.29, 1.82) is 0 Å². The van der Waals surface area contributed by atoms with Crippen molar-refractivity contribution < 1.29 is 9.90 Å². The fourth-order valence-electron chi connectivity index (χ4n) is 1.73. The molecule has 1 amide bonds. The first kappa shape index (κ1) is 9.32. The van der Waals surface area contributed by atoms with Crippen molar-refractivity contribution in [3.63, 3.8) is 0 Å². The van der Waals surface area contributed by atoms with Crippen LogP contribution in [0.2, 0.25) is 0 Å². The number of rotatable bonds is 0. The number of carbonyl (C=O) groups is 1. The van der Waals surface area contributed by atoms with E-state index in [4.69, 9.17) is 10.8 Å². The molecule has 1 heterocycles. The van der Waals surface area contributed by atoms with Crippen molar-refractivity contribution in [3.8, 4) is 0 Å². The van der Waals surface area contributed by atoms with Gasteiger partial charge in [-0.3, -0.25) is 0 Å². The van der Waals surface area contributed by atoms with Gasteiger partial charge in [0.05, 0.1) is 0 Å². The minimum Gasteiger partial charge on any atom is -0.465 e. The summed E-state index contributed by atoms with van der Waals surface area (Å²) in [5.74, 6) is 0.537. The molecule has 0 aromatic rings. The summed E-state index contributed by atoms with van der Waals surface area (Å²) >= 11 is 0. The van der Waals surface area contributed by atoms with Crippen molar-refractivity contribution in [2.75, 3.05) is 13.1 Å². The highest BCUT2D eigenvalue weighted by atomic mass is 16.4. The molecular formula is C8H16N2O2. The summed E-state index contributed by atoms with van der Waals surface area (Å²) < 4.78 is 0. The Kier molecular flexibility index (Phi) is 2.57. The van der Waals surface area contributed by atoms with Gasteiger partial charge in [-0.25, -0.2) is 4.79 Å². The van der Waals surface area contributed by atoms with Gasteiger partial charge < -0.3 is 15.7 Å². The van der Waals surface area contributed by atoms with Gasteiger partial charge in [0.1, 0.15) is 0 Å². The van der Waals surface area contributed by atoms with E-state index in [1.165, 1.54) is 4.90 Å². The van der Waals surface area contributed by atoms with Crippen LogP contribution in [-0.4, -0.2) is 35.2 Å². The lowest BCUT2D eigenvalue weighted by atomic mass is 9.87. The Labute approximate surface area is 72.3 Å². The summed E-state index contributed by atoms with van der Waals surface area (Å²) in [5.41, 5.74) is 5.86. The molecule has 0 aromatic heterocycles. The molecule has 2 atom stereocenters. The van der Waals surface area contributed by atoms with Gasteiger partial charge in [-0.2, -0.15) is 0 Å². The summed E-state index contributed by atoms with van der Waals surface area (Å²) in [6, 6.07) is 0.139. The predicted molar refractivity (Wildman–Crippen MR) is 45.9 cm³/mol. The van der Waals surface area contributed by atoms with Crippen LogP contribution in [0.25, 0.3) is 0 Å². The van der Waals surface area contributed by atoms with E-state index in [1.54, 1.807) is 0 Å². The average molecular weight is 172 g/mol. The number of nitrogens with zero attached hydrogens (tertiary/aromatic N) is 1. The molecule has 0 aliphatic carbocycles. The first-order valence-corrected chi connectivity index (χ1v) is 4.25. The summed E-state index contributed by atoms with van der Waals surface area (Å²) in [6.45, 7) is 5.13. The number of hydrogen-bond donors (Lipinski definition) is 2. The SMILES string of the molecule is CC1CN(C(=O)O)CC(C)C1N. The largest absolute Gasteiger partial charge is 0.465 e. The van der Waals surface area contributed by atoms with Crippen LogP contribution in [-0.2, 0) is 0 Å². The zero-order valence-corrected chi connectivity index (χ0v) is 7.53. The molecular weight excluding hydrogens is 156 g/mol. The Morgan fingerprint density at radius 3 is 2.17 bits per heavy atom. The van der Waals surface area contributed by atoms with Crippen molar-refractivity contribution in [1.82, 2.24) is 4.90 Å². The van der Waals surface area contributed by atoms with Crippen LogP contribution in [0.5, 0.6) is 0 Å². The molecule has 1 aliphatic heterocycles. The zero-order valence-electron chi connectivity index (χ0n) is 7.53. The van der Waals surface area contributed by atoms with E-state index in [1.807, 2.05) is 13.8 Å². The van der Waals surface area contributed by atoms with E-state index < -0.39 is 6.09 Å². The minimum absolute atomic E-state index is 0.139. The van der Waals surface area contributed by atoms with E-state index in [0.29, 0.717) is 13.1 Å². The second kappa shape index (κ2) is 3.31. The van der Waals surface area contributed by atoms with Crippen molar-refractivity contribution in [2.45, 2.75) is 19.9 Å². The Hall–Kier alpha value is -0.770. The van der Waals surface area contributed by atoms with E-state index in [2.05, 4.69) is 0 Å². The summed E-state index contributed by atoms with van der Waals surface area (Å²) in [7, 11) is 0. The van der Waals surface area contributed by atoms with Crippen LogP contribution in [0, 0.1) is 11.8 Å². The quantitative estimate of drug-likeness (QED) is 0.561. The van der Waals surface area contributed by atoms with Gasteiger partial charge >= 0.3 is 6.09 Å². The number of amides is 1. The second-order valence-corrected chi connectivity index (χ2v) is 3.72. The Balaban J connectivity index is 2.59. The van der Waals surface area contributed by atoms with Gasteiger partial charge in [0.15, 0.2) is 0 Å². The van der Waals surface area contributed by atoms with Crippen molar-refractivity contribution in [2.24, 2.45) is 17.6 Å². The lowest BCUT2D eigenvalue weighted by molar-refractivity contribution is 0.0955. The average Bonchev–Trinajstić information content (AvgIpc) is 1.99. The summed E-state index contributed by atoms with van der Waals surface area (Å²) in [5, 5.41) is 8.75. The molecule has 1 saturated heterocycles. The first-order valence-electron chi connectivity index (χ1n) is 4.25. The van der Waals surface area contributed by atoms with Crippen LogP contribution in [0.1, 0.15) is 13.8 Å². The maximum absolute atomic E-state index is 10.6. The van der Waals surface area contributed by atoms with Gasteiger partial charge in [0.25, 0.3) is 0 Å². The van der Waals surface area contributed by atoms with E-state index in [0.717, 1.165) is 0 Å². The molecule has 1 fully saturated rings. The highest BCUT2D eigenvalue weighted by molar-refractivity contribution is 5.65. The topological polar surface area (TPSA) is 66.6 Å².